The zero-order chi connectivity index (χ0) is 40.6. The van der Waals surface area contributed by atoms with Crippen LogP contribution in [0.25, 0.3) is 32.8 Å². The van der Waals surface area contributed by atoms with Gasteiger partial charge in [0.25, 0.3) is 5.92 Å². The SMILES string of the molecule is CCOC(=O)c1c(CCCOc2cccc3cc(F)ccc23)c2ccc(Cl)c3c2n1CCC(F)(F)CN(S(=O)(=O)c1ccccc1N[O-])Cc1nn(C)c(CC)c1-3. The Labute approximate surface area is 332 Å². The highest BCUT2D eigenvalue weighted by Crippen LogP contribution is 2.44. The number of aryl methyl sites for hydroxylation is 3. The summed E-state index contributed by atoms with van der Waals surface area (Å²) in [6.07, 6.45) is 0.239. The number of rotatable bonds is 11. The van der Waals surface area contributed by atoms with E-state index in [2.05, 4.69) is 5.10 Å². The monoisotopic (exact) mass is 822 g/mol. The number of benzene rings is 4. The fourth-order valence-corrected chi connectivity index (χ4v) is 9.58. The minimum atomic E-state index is -4.71. The molecule has 3 heterocycles. The number of sulfonamides is 1. The van der Waals surface area contributed by atoms with Gasteiger partial charge in [-0.2, -0.15) is 9.40 Å². The minimum Gasteiger partial charge on any atom is -0.761 e. The van der Waals surface area contributed by atoms with E-state index in [0.717, 1.165) is 5.39 Å². The molecule has 1 N–H and O–H groups in total. The fourth-order valence-electron chi connectivity index (χ4n) is 7.77. The average Bonchev–Trinajstić information content (AvgIpc) is 3.66. The summed E-state index contributed by atoms with van der Waals surface area (Å²) in [6, 6.07) is 18.5. The number of ether oxygens (including phenoxy) is 2. The molecule has 300 valence electrons. The van der Waals surface area contributed by atoms with Crippen molar-refractivity contribution in [2.24, 2.45) is 7.05 Å². The smallest absolute Gasteiger partial charge is 0.355 e. The van der Waals surface area contributed by atoms with E-state index < -0.39 is 52.9 Å². The summed E-state index contributed by atoms with van der Waals surface area (Å²) in [7, 11) is -3.03. The second-order valence-corrected chi connectivity index (χ2v) is 16.1. The van der Waals surface area contributed by atoms with E-state index in [1.807, 2.05) is 6.92 Å². The molecule has 4 aromatic carbocycles. The third-order valence-corrected chi connectivity index (χ3v) is 12.4. The molecule has 2 aromatic heterocycles. The molecule has 6 aromatic rings. The lowest BCUT2D eigenvalue weighted by atomic mass is 9.97. The highest BCUT2D eigenvalue weighted by atomic mass is 35.5. The first-order chi connectivity index (χ1) is 27.3. The predicted molar refractivity (Wildman–Crippen MR) is 213 cm³/mol. The normalized spacial score (nSPS) is 14.7. The summed E-state index contributed by atoms with van der Waals surface area (Å²) < 4.78 is 90.5. The third kappa shape index (κ3) is 7.56. The Morgan fingerprint density at radius 3 is 2.56 bits per heavy atom. The van der Waals surface area contributed by atoms with Gasteiger partial charge in [-0.3, -0.25) is 4.68 Å². The van der Waals surface area contributed by atoms with Gasteiger partial charge in [0.2, 0.25) is 10.0 Å². The Kier molecular flexibility index (Phi) is 11.3. The van der Waals surface area contributed by atoms with Gasteiger partial charge in [0, 0.05) is 53.3 Å². The van der Waals surface area contributed by atoms with Crippen molar-refractivity contribution in [3.05, 3.63) is 111 Å². The number of anilines is 1. The number of carbonyl (C=O) groups excluding carboxylic acids is 1. The number of alkyl halides is 2. The molecular weight excluding hydrogens is 783 g/mol. The maximum Gasteiger partial charge on any atom is 0.355 e. The van der Waals surface area contributed by atoms with E-state index >= 15 is 8.78 Å². The zero-order valence-electron chi connectivity index (χ0n) is 31.5. The van der Waals surface area contributed by atoms with E-state index in [9.17, 15) is 22.8 Å². The summed E-state index contributed by atoms with van der Waals surface area (Å²) >= 11 is 7.08. The van der Waals surface area contributed by atoms with Gasteiger partial charge < -0.3 is 24.7 Å². The van der Waals surface area contributed by atoms with E-state index in [1.54, 1.807) is 60.5 Å². The second-order valence-electron chi connectivity index (χ2n) is 13.8. The standard InChI is InChI=1S/C41H40ClF3N5O6S/c1-4-33-37-32(46-48(33)3)23-49(57(53,54)35-14-7-6-12-31(35)47-52)24-41(44,45)19-20-50-38-29(17-18-30(42)36(37)38)28(39(50)40(51)55-5-2)11-9-21-56-34-13-8-10-25-22-26(43)15-16-27(25)34/h6-8,10,12-18,22,47H,4-5,9,11,19-21,23-24H2,1-3H3/q-1. The molecule has 0 radical (unpaired) electrons. The van der Waals surface area contributed by atoms with Crippen LogP contribution in [0, 0.1) is 11.0 Å². The number of hydrogen-bond donors (Lipinski definition) is 1. The molecule has 0 saturated carbocycles. The number of hydrogen-bond acceptors (Lipinski definition) is 8. The van der Waals surface area contributed by atoms with Gasteiger partial charge in [0.05, 0.1) is 42.5 Å². The van der Waals surface area contributed by atoms with Gasteiger partial charge in [-0.05, 0) is 79.6 Å². The van der Waals surface area contributed by atoms with Crippen molar-refractivity contribution >= 4 is 55.0 Å². The number of esters is 1. The highest BCUT2D eigenvalue weighted by molar-refractivity contribution is 7.89. The Balaban J connectivity index is 1.38. The Bertz CT molecular complexity index is 2610. The Morgan fingerprint density at radius 2 is 1.81 bits per heavy atom. The fraction of sp³-hybridized carbons (Fsp3) is 0.317. The molecule has 1 aliphatic heterocycles. The topological polar surface area (TPSA) is 131 Å². The summed E-state index contributed by atoms with van der Waals surface area (Å²) in [5, 5.41) is 18.7. The van der Waals surface area contributed by atoms with Gasteiger partial charge in [0.1, 0.15) is 22.2 Å². The van der Waals surface area contributed by atoms with Crippen LogP contribution in [-0.2, 0) is 47.7 Å². The number of carbonyl (C=O) groups is 1. The van der Waals surface area contributed by atoms with Crippen LogP contribution in [0.15, 0.2) is 77.7 Å². The lowest BCUT2D eigenvalue weighted by Gasteiger charge is -2.28. The van der Waals surface area contributed by atoms with Crippen LogP contribution in [0.5, 0.6) is 5.75 Å². The largest absolute Gasteiger partial charge is 0.761 e. The molecule has 0 saturated heterocycles. The van der Waals surface area contributed by atoms with Crippen molar-refractivity contribution in [3.8, 4) is 16.9 Å². The number of para-hydroxylation sites is 1. The molecule has 0 fully saturated rings. The third-order valence-electron chi connectivity index (χ3n) is 10.3. The van der Waals surface area contributed by atoms with Crippen molar-refractivity contribution in [1.29, 1.82) is 0 Å². The molecule has 0 unspecified atom stereocenters. The van der Waals surface area contributed by atoms with Gasteiger partial charge in [-0.25, -0.2) is 26.4 Å². The number of nitrogens with one attached hydrogen (secondary N) is 1. The molecule has 16 heteroatoms. The molecule has 0 atom stereocenters. The molecule has 7 rings (SSSR count). The average molecular weight is 823 g/mol. The molecule has 11 nitrogen and oxygen atoms in total. The molecule has 0 aliphatic carbocycles. The van der Waals surface area contributed by atoms with Crippen LogP contribution in [0.4, 0.5) is 18.9 Å². The van der Waals surface area contributed by atoms with Crippen LogP contribution in [0.3, 0.4) is 0 Å². The lowest BCUT2D eigenvalue weighted by Crippen LogP contribution is -2.41. The van der Waals surface area contributed by atoms with Crippen molar-refractivity contribution in [2.75, 3.05) is 25.2 Å². The van der Waals surface area contributed by atoms with Crippen LogP contribution >= 0.6 is 11.6 Å². The first-order valence-corrected chi connectivity index (χ1v) is 20.3. The molecule has 0 amide bonds. The van der Waals surface area contributed by atoms with Crippen molar-refractivity contribution in [3.63, 3.8) is 0 Å². The summed E-state index contributed by atoms with van der Waals surface area (Å²) in [5.41, 5.74) is 4.04. The van der Waals surface area contributed by atoms with Gasteiger partial charge in [-0.1, -0.05) is 48.9 Å². The van der Waals surface area contributed by atoms with E-state index in [4.69, 9.17) is 21.1 Å². The van der Waals surface area contributed by atoms with Crippen LogP contribution in [-0.4, -0.2) is 58.7 Å². The molecule has 0 spiro atoms. The Morgan fingerprint density at radius 1 is 1.04 bits per heavy atom. The quantitative estimate of drug-likeness (QED) is 0.0780. The van der Waals surface area contributed by atoms with E-state index in [0.29, 0.717) is 61.6 Å². The number of fused-ring (bicyclic) bond motifs is 3. The first-order valence-electron chi connectivity index (χ1n) is 18.5. The number of aromatic nitrogens is 3. The van der Waals surface area contributed by atoms with Gasteiger partial charge >= 0.3 is 5.97 Å². The molecule has 57 heavy (non-hydrogen) atoms. The van der Waals surface area contributed by atoms with Crippen molar-refractivity contribution in [2.45, 2.75) is 63.4 Å². The van der Waals surface area contributed by atoms with Gasteiger partial charge in [-0.15, -0.1) is 0 Å². The second kappa shape index (κ2) is 16.0. The minimum absolute atomic E-state index is 0.0214. The lowest BCUT2D eigenvalue weighted by molar-refractivity contribution is -0.0276. The molecule has 1 aliphatic rings. The van der Waals surface area contributed by atoms with Crippen molar-refractivity contribution in [1.82, 2.24) is 18.7 Å². The first kappa shape index (κ1) is 40.1. The summed E-state index contributed by atoms with van der Waals surface area (Å²) in [6.45, 7) is 1.55. The van der Waals surface area contributed by atoms with Gasteiger partial charge in [0.15, 0.2) is 0 Å². The molecule has 0 bridgehead atoms. The van der Waals surface area contributed by atoms with E-state index in [1.165, 1.54) is 41.0 Å². The number of halogens is 4. The number of nitrogens with zero attached hydrogens (tertiary/aromatic N) is 4. The van der Waals surface area contributed by atoms with Crippen LogP contribution in [0.2, 0.25) is 5.02 Å². The van der Waals surface area contributed by atoms with Crippen molar-refractivity contribution < 1.29 is 35.9 Å². The van der Waals surface area contributed by atoms with Crippen LogP contribution in [0.1, 0.15) is 54.1 Å². The maximum absolute atomic E-state index is 16.4. The van der Waals surface area contributed by atoms with E-state index in [-0.39, 0.29) is 47.5 Å². The maximum atomic E-state index is 16.4. The Hall–Kier alpha value is -5.09. The highest BCUT2D eigenvalue weighted by Gasteiger charge is 2.41. The predicted octanol–water partition coefficient (Wildman–Crippen LogP) is 8.88. The molecular formula is C41H40ClF3N5O6S-. The zero-order valence-corrected chi connectivity index (χ0v) is 33.0. The van der Waals surface area contributed by atoms with Crippen LogP contribution < -0.4 is 10.2 Å². The summed E-state index contributed by atoms with van der Waals surface area (Å²) in [4.78, 5) is 13.5. The summed E-state index contributed by atoms with van der Waals surface area (Å²) in [5.74, 6) is -4.15.